The molecule has 0 aliphatic rings. The van der Waals surface area contributed by atoms with E-state index in [0.717, 1.165) is 5.56 Å². The average molecular weight is 277 g/mol. The molecular weight excluding hydrogens is 264 g/mol. The molecule has 0 aliphatic heterocycles. The van der Waals surface area contributed by atoms with Crippen LogP contribution in [-0.2, 0) is 11.2 Å². The van der Waals surface area contributed by atoms with Crippen LogP contribution in [0.15, 0.2) is 42.7 Å². The van der Waals surface area contributed by atoms with Crippen LogP contribution in [0.1, 0.15) is 5.56 Å². The molecule has 0 saturated heterocycles. The quantitative estimate of drug-likeness (QED) is 0.832. The van der Waals surface area contributed by atoms with Gasteiger partial charge in [-0.3, -0.25) is 4.79 Å². The molecule has 3 N–H and O–H groups in total. The van der Waals surface area contributed by atoms with Gasteiger partial charge in [0.05, 0.1) is 6.04 Å². The molecule has 19 heavy (non-hydrogen) atoms. The number of hydrogen-bond donors (Lipinski definition) is 2. The minimum absolute atomic E-state index is 0.266. The van der Waals surface area contributed by atoms with Crippen molar-refractivity contribution in [3.8, 4) is 0 Å². The molecule has 1 amide bonds. The van der Waals surface area contributed by atoms with E-state index < -0.39 is 6.04 Å². The Kier molecular flexibility index (Phi) is 4.43. The molecule has 0 saturated carbocycles. The first-order valence-electron chi connectivity index (χ1n) is 5.73. The summed E-state index contributed by atoms with van der Waals surface area (Å²) in [5.74, 6) is 0.0344. The number of halogens is 1. The third-order valence-corrected chi connectivity index (χ3v) is 2.73. The molecule has 0 spiro atoms. The molecule has 1 heterocycles. The molecule has 0 aliphatic carbocycles. The van der Waals surface area contributed by atoms with E-state index in [0.29, 0.717) is 12.2 Å². The molecule has 98 valence electrons. The van der Waals surface area contributed by atoms with Crippen LogP contribution >= 0.6 is 11.6 Å². The zero-order chi connectivity index (χ0) is 13.7. The Morgan fingerprint density at radius 3 is 2.74 bits per heavy atom. The van der Waals surface area contributed by atoms with E-state index >= 15 is 0 Å². The summed E-state index contributed by atoms with van der Waals surface area (Å²) in [6.45, 7) is 0. The van der Waals surface area contributed by atoms with E-state index in [2.05, 4.69) is 15.3 Å². The molecule has 5 nitrogen and oxygen atoms in total. The number of nitrogens with zero attached hydrogens (tertiary/aromatic N) is 2. The summed E-state index contributed by atoms with van der Waals surface area (Å²) in [6, 6.07) is 10.4. The molecule has 0 bridgehead atoms. The number of anilines is 1. The Balaban J connectivity index is 1.96. The molecule has 0 unspecified atom stereocenters. The van der Waals surface area contributed by atoms with Gasteiger partial charge in [0.15, 0.2) is 0 Å². The highest BCUT2D eigenvalue weighted by Crippen LogP contribution is 2.09. The van der Waals surface area contributed by atoms with Crippen molar-refractivity contribution in [1.29, 1.82) is 0 Å². The molecule has 0 radical (unpaired) electrons. The van der Waals surface area contributed by atoms with Gasteiger partial charge in [0.2, 0.25) is 5.91 Å². The van der Waals surface area contributed by atoms with Crippen molar-refractivity contribution < 1.29 is 4.79 Å². The smallest absolute Gasteiger partial charge is 0.242 e. The van der Waals surface area contributed by atoms with E-state index in [1.165, 1.54) is 12.4 Å². The standard InChI is InChI=1S/C13H13ClN4O/c14-11-7-12(17-8-16-11)18-13(19)10(15)6-9-4-2-1-3-5-9/h1-5,7-8,10H,6,15H2,(H,16,17,18,19)/t10-/m0/s1. The number of nitrogens with one attached hydrogen (secondary N) is 1. The van der Waals surface area contributed by atoms with Gasteiger partial charge in [-0.25, -0.2) is 9.97 Å². The van der Waals surface area contributed by atoms with Crippen LogP contribution in [0, 0.1) is 0 Å². The number of carbonyl (C=O) groups is 1. The zero-order valence-electron chi connectivity index (χ0n) is 10.1. The Labute approximate surface area is 115 Å². The number of nitrogens with two attached hydrogens (primary N) is 1. The van der Waals surface area contributed by atoms with Crippen LogP contribution in [-0.4, -0.2) is 21.9 Å². The number of amides is 1. The van der Waals surface area contributed by atoms with Gasteiger partial charge in [-0.2, -0.15) is 0 Å². The predicted octanol–water partition coefficient (Wildman–Crippen LogP) is 1.64. The lowest BCUT2D eigenvalue weighted by molar-refractivity contribution is -0.117. The summed E-state index contributed by atoms with van der Waals surface area (Å²) >= 11 is 5.70. The van der Waals surface area contributed by atoms with Crippen LogP contribution in [0.4, 0.5) is 5.82 Å². The summed E-state index contributed by atoms with van der Waals surface area (Å²) < 4.78 is 0. The average Bonchev–Trinajstić information content (AvgIpc) is 2.40. The maximum absolute atomic E-state index is 11.9. The Hall–Kier alpha value is -1.98. The second kappa shape index (κ2) is 6.26. The van der Waals surface area contributed by atoms with E-state index in [-0.39, 0.29) is 11.1 Å². The van der Waals surface area contributed by atoms with Crippen molar-refractivity contribution in [2.45, 2.75) is 12.5 Å². The number of hydrogen-bond acceptors (Lipinski definition) is 4. The molecule has 1 atom stereocenters. The number of carbonyl (C=O) groups excluding carboxylic acids is 1. The summed E-state index contributed by atoms with van der Waals surface area (Å²) in [5, 5.41) is 2.87. The minimum Gasteiger partial charge on any atom is -0.320 e. The normalized spacial score (nSPS) is 11.9. The van der Waals surface area contributed by atoms with Gasteiger partial charge < -0.3 is 11.1 Å². The molecule has 2 aromatic rings. The van der Waals surface area contributed by atoms with Gasteiger partial charge in [-0.15, -0.1) is 0 Å². The second-order valence-electron chi connectivity index (χ2n) is 4.01. The van der Waals surface area contributed by atoms with Crippen LogP contribution in [0.3, 0.4) is 0 Å². The topological polar surface area (TPSA) is 80.9 Å². The molecule has 2 rings (SSSR count). The van der Waals surface area contributed by atoms with Crippen molar-refractivity contribution in [1.82, 2.24) is 9.97 Å². The highest BCUT2D eigenvalue weighted by Gasteiger charge is 2.14. The fraction of sp³-hybridized carbons (Fsp3) is 0.154. The fourth-order valence-corrected chi connectivity index (χ4v) is 1.73. The third-order valence-electron chi connectivity index (χ3n) is 2.52. The molecule has 0 fully saturated rings. The van der Waals surface area contributed by atoms with Crippen molar-refractivity contribution in [3.63, 3.8) is 0 Å². The Morgan fingerprint density at radius 1 is 1.32 bits per heavy atom. The van der Waals surface area contributed by atoms with Gasteiger partial charge in [-0.05, 0) is 12.0 Å². The van der Waals surface area contributed by atoms with Gasteiger partial charge in [0, 0.05) is 6.07 Å². The zero-order valence-corrected chi connectivity index (χ0v) is 10.8. The van der Waals surface area contributed by atoms with Crippen molar-refractivity contribution in [3.05, 3.63) is 53.4 Å². The summed E-state index contributed by atoms with van der Waals surface area (Å²) in [6.07, 6.45) is 1.74. The predicted molar refractivity (Wildman–Crippen MR) is 73.8 cm³/mol. The fourth-order valence-electron chi connectivity index (χ4n) is 1.58. The highest BCUT2D eigenvalue weighted by molar-refractivity contribution is 6.29. The van der Waals surface area contributed by atoms with E-state index in [9.17, 15) is 4.79 Å². The minimum atomic E-state index is -0.642. The summed E-state index contributed by atoms with van der Waals surface area (Å²) in [5.41, 5.74) is 6.85. The molecule has 6 heteroatoms. The lowest BCUT2D eigenvalue weighted by Crippen LogP contribution is -2.37. The molecule has 1 aromatic heterocycles. The Bertz CT molecular complexity index is 562. The highest BCUT2D eigenvalue weighted by atomic mass is 35.5. The van der Waals surface area contributed by atoms with Crippen LogP contribution in [0.2, 0.25) is 5.15 Å². The third kappa shape index (κ3) is 4.01. The molecule has 1 aromatic carbocycles. The number of rotatable bonds is 4. The lowest BCUT2D eigenvalue weighted by atomic mass is 10.1. The maximum Gasteiger partial charge on any atom is 0.242 e. The Morgan fingerprint density at radius 2 is 2.05 bits per heavy atom. The first kappa shape index (κ1) is 13.5. The first-order chi connectivity index (χ1) is 9.15. The van der Waals surface area contributed by atoms with Crippen molar-refractivity contribution in [2.75, 3.05) is 5.32 Å². The second-order valence-corrected chi connectivity index (χ2v) is 4.40. The largest absolute Gasteiger partial charge is 0.320 e. The maximum atomic E-state index is 11.9. The number of aromatic nitrogens is 2. The van der Waals surface area contributed by atoms with E-state index in [4.69, 9.17) is 17.3 Å². The van der Waals surface area contributed by atoms with Crippen LogP contribution in [0.25, 0.3) is 0 Å². The summed E-state index contributed by atoms with van der Waals surface area (Å²) in [7, 11) is 0. The van der Waals surface area contributed by atoms with Crippen molar-refractivity contribution in [2.24, 2.45) is 5.73 Å². The monoisotopic (exact) mass is 276 g/mol. The SMILES string of the molecule is N[C@@H](Cc1ccccc1)C(=O)Nc1cc(Cl)ncn1. The van der Waals surface area contributed by atoms with Crippen LogP contribution in [0.5, 0.6) is 0 Å². The van der Waals surface area contributed by atoms with Gasteiger partial charge >= 0.3 is 0 Å². The van der Waals surface area contributed by atoms with Gasteiger partial charge in [0.1, 0.15) is 17.3 Å². The van der Waals surface area contributed by atoms with E-state index in [1.54, 1.807) is 0 Å². The number of benzene rings is 1. The van der Waals surface area contributed by atoms with Crippen molar-refractivity contribution >= 4 is 23.3 Å². The van der Waals surface area contributed by atoms with E-state index in [1.807, 2.05) is 30.3 Å². The van der Waals surface area contributed by atoms with Gasteiger partial charge in [0.25, 0.3) is 0 Å². The summed E-state index contributed by atoms with van der Waals surface area (Å²) in [4.78, 5) is 19.5. The van der Waals surface area contributed by atoms with Crippen LogP contribution < -0.4 is 11.1 Å². The lowest BCUT2D eigenvalue weighted by Gasteiger charge is -2.11. The first-order valence-corrected chi connectivity index (χ1v) is 6.11. The molecular formula is C13H13ClN4O. The van der Waals surface area contributed by atoms with Gasteiger partial charge in [-0.1, -0.05) is 41.9 Å².